The first-order chi connectivity index (χ1) is 20.8. The largest absolute Gasteiger partial charge is 0.0654 e. The second-order valence-corrected chi connectivity index (χ2v) is 14.5. The van der Waals surface area contributed by atoms with E-state index in [4.69, 9.17) is 0 Å². The van der Waals surface area contributed by atoms with Crippen LogP contribution in [0.5, 0.6) is 0 Å². The quantitative estimate of drug-likeness (QED) is 0.0627. The van der Waals surface area contributed by atoms with Crippen molar-refractivity contribution >= 4 is 0 Å². The van der Waals surface area contributed by atoms with Gasteiger partial charge in [-0.25, -0.2) is 0 Å². The van der Waals surface area contributed by atoms with Gasteiger partial charge >= 0.3 is 0 Å². The summed E-state index contributed by atoms with van der Waals surface area (Å²) in [5.74, 6) is 1.04. The molecule has 0 rings (SSSR count). The molecule has 1 unspecified atom stereocenters. The van der Waals surface area contributed by atoms with Crippen LogP contribution < -0.4 is 0 Å². The van der Waals surface area contributed by atoms with Gasteiger partial charge in [0.15, 0.2) is 0 Å². The molecule has 0 radical (unpaired) electrons. The van der Waals surface area contributed by atoms with Gasteiger partial charge in [0, 0.05) is 0 Å². The van der Waals surface area contributed by atoms with Crippen molar-refractivity contribution in [3.8, 4) is 0 Å². The zero-order chi connectivity index (χ0) is 30.4. The normalized spacial score (nSPS) is 12.4. The Hall–Kier alpha value is 0. The van der Waals surface area contributed by atoms with E-state index in [1.54, 1.807) is 0 Å². The molecule has 0 saturated heterocycles. The Morgan fingerprint density at radius 2 is 0.333 bits per heavy atom. The first kappa shape index (κ1) is 42.0. The smallest absolute Gasteiger partial charge is 0.0414 e. The molecular weight excluding hydrogens is 504 g/mol. The Labute approximate surface area is 270 Å². The van der Waals surface area contributed by atoms with Crippen LogP contribution in [0.25, 0.3) is 0 Å². The van der Waals surface area contributed by atoms with E-state index in [2.05, 4.69) is 20.8 Å². The maximum atomic E-state index is 2.34. The van der Waals surface area contributed by atoms with Crippen LogP contribution >= 0.6 is 0 Å². The van der Waals surface area contributed by atoms with Gasteiger partial charge in [-0.05, 0) is 5.92 Å². The molecule has 0 nitrogen and oxygen atoms in total. The van der Waals surface area contributed by atoms with E-state index in [0.29, 0.717) is 0 Å². The van der Waals surface area contributed by atoms with Crippen LogP contribution in [0.1, 0.15) is 265 Å². The van der Waals surface area contributed by atoms with Gasteiger partial charge in [-0.3, -0.25) is 0 Å². The molecule has 0 N–H and O–H groups in total. The number of hydrogen-bond donors (Lipinski definition) is 0. The third-order valence-electron chi connectivity index (χ3n) is 10.1. The second-order valence-electron chi connectivity index (χ2n) is 14.5. The van der Waals surface area contributed by atoms with E-state index in [-0.39, 0.29) is 0 Å². The summed E-state index contributed by atoms with van der Waals surface area (Å²) >= 11 is 0. The summed E-state index contributed by atoms with van der Waals surface area (Å²) < 4.78 is 0. The molecule has 0 aromatic rings. The number of unbranched alkanes of at least 4 members (excludes halogenated alkanes) is 32. The van der Waals surface area contributed by atoms with Gasteiger partial charge in [0.2, 0.25) is 0 Å². The van der Waals surface area contributed by atoms with Gasteiger partial charge < -0.3 is 0 Å². The van der Waals surface area contributed by atoms with Gasteiger partial charge in [-0.1, -0.05) is 265 Å². The molecule has 0 aliphatic heterocycles. The van der Waals surface area contributed by atoms with Gasteiger partial charge in [0.25, 0.3) is 0 Å². The van der Waals surface area contributed by atoms with Crippen LogP contribution in [0.4, 0.5) is 0 Å². The predicted molar refractivity (Wildman–Crippen MR) is 196 cm³/mol. The van der Waals surface area contributed by atoms with Crippen molar-refractivity contribution in [1.82, 2.24) is 0 Å². The lowest BCUT2D eigenvalue weighted by atomic mass is 9.89. The highest BCUT2D eigenvalue weighted by molar-refractivity contribution is 4.62. The molecule has 1 atom stereocenters. The summed E-state index contributed by atoms with van der Waals surface area (Å²) in [6.07, 6.45) is 56.3. The van der Waals surface area contributed by atoms with Crippen molar-refractivity contribution < 1.29 is 0 Å². The molecule has 0 aromatic carbocycles. The Kier molecular flexibility index (Phi) is 39.0. The molecule has 0 bridgehead atoms. The first-order valence-electron chi connectivity index (χ1n) is 20.8. The molecule has 0 spiro atoms. The van der Waals surface area contributed by atoms with E-state index in [1.807, 2.05) is 0 Å². The molecule has 42 heavy (non-hydrogen) atoms. The monoisotopic (exact) mass is 591 g/mol. The Bertz CT molecular complexity index is 439. The molecule has 0 aliphatic rings. The van der Waals surface area contributed by atoms with Crippen molar-refractivity contribution in [3.63, 3.8) is 0 Å². The third-order valence-corrected chi connectivity index (χ3v) is 10.1. The highest BCUT2D eigenvalue weighted by atomic mass is 14.1. The van der Waals surface area contributed by atoms with E-state index in [0.717, 1.165) is 5.92 Å². The Morgan fingerprint density at radius 1 is 0.190 bits per heavy atom. The second kappa shape index (κ2) is 39.0. The SMILES string of the molecule is CCCCCCCCCCCCCCCCCCC(CCCCCCC)CCCCCCCCCCCCCCCC. The van der Waals surface area contributed by atoms with Gasteiger partial charge in [0.05, 0.1) is 0 Å². The van der Waals surface area contributed by atoms with Gasteiger partial charge in [-0.2, -0.15) is 0 Å². The maximum Gasteiger partial charge on any atom is -0.0414 e. The zero-order valence-electron chi connectivity index (χ0n) is 30.4. The third kappa shape index (κ3) is 36.2. The van der Waals surface area contributed by atoms with E-state index in [9.17, 15) is 0 Å². The van der Waals surface area contributed by atoms with Crippen molar-refractivity contribution in [3.05, 3.63) is 0 Å². The summed E-state index contributed by atoms with van der Waals surface area (Å²) in [6.45, 7) is 6.97. The Balaban J connectivity index is 3.67. The van der Waals surface area contributed by atoms with Crippen LogP contribution in [-0.4, -0.2) is 0 Å². The molecule has 0 heterocycles. The minimum Gasteiger partial charge on any atom is -0.0654 e. The highest BCUT2D eigenvalue weighted by Gasteiger charge is 2.09. The molecular formula is C42H86. The minimum atomic E-state index is 1.04. The molecule has 0 amide bonds. The number of rotatable bonds is 38. The van der Waals surface area contributed by atoms with E-state index >= 15 is 0 Å². The molecule has 0 aromatic heterocycles. The fraction of sp³-hybridized carbons (Fsp3) is 1.00. The van der Waals surface area contributed by atoms with E-state index in [1.165, 1.54) is 244 Å². The van der Waals surface area contributed by atoms with Crippen LogP contribution in [-0.2, 0) is 0 Å². The fourth-order valence-corrected chi connectivity index (χ4v) is 7.08. The van der Waals surface area contributed by atoms with Crippen LogP contribution in [0.15, 0.2) is 0 Å². The predicted octanol–water partition coefficient (Wildman–Crippen LogP) is 16.5. The molecule has 0 aliphatic carbocycles. The lowest BCUT2D eigenvalue weighted by Crippen LogP contribution is -2.01. The average Bonchev–Trinajstić information content (AvgIpc) is 3.00. The lowest BCUT2D eigenvalue weighted by molar-refractivity contribution is 0.365. The van der Waals surface area contributed by atoms with Crippen molar-refractivity contribution in [2.45, 2.75) is 265 Å². The van der Waals surface area contributed by atoms with Crippen molar-refractivity contribution in [2.24, 2.45) is 5.92 Å². The van der Waals surface area contributed by atoms with Crippen LogP contribution in [0.3, 0.4) is 0 Å². The lowest BCUT2D eigenvalue weighted by Gasteiger charge is -2.17. The fourth-order valence-electron chi connectivity index (χ4n) is 7.08. The average molecular weight is 591 g/mol. The maximum absolute atomic E-state index is 2.34. The first-order valence-corrected chi connectivity index (χ1v) is 20.8. The van der Waals surface area contributed by atoms with Gasteiger partial charge in [0.1, 0.15) is 0 Å². The molecule has 0 heteroatoms. The standard InChI is InChI=1S/C42H86/c1-4-7-10-13-15-17-19-21-23-24-26-28-30-32-35-38-41-42(39-36-33-12-9-6-3)40-37-34-31-29-27-25-22-20-18-16-14-11-8-5-2/h42H,4-41H2,1-3H3. The molecule has 0 saturated carbocycles. The summed E-state index contributed by atoms with van der Waals surface area (Å²) in [7, 11) is 0. The number of hydrogen-bond acceptors (Lipinski definition) is 0. The van der Waals surface area contributed by atoms with Gasteiger partial charge in [-0.15, -0.1) is 0 Å². The van der Waals surface area contributed by atoms with Crippen molar-refractivity contribution in [1.29, 1.82) is 0 Å². The van der Waals surface area contributed by atoms with Crippen LogP contribution in [0.2, 0.25) is 0 Å². The summed E-state index contributed by atoms with van der Waals surface area (Å²) in [5, 5.41) is 0. The molecule has 254 valence electrons. The van der Waals surface area contributed by atoms with Crippen molar-refractivity contribution in [2.75, 3.05) is 0 Å². The Morgan fingerprint density at radius 3 is 0.500 bits per heavy atom. The zero-order valence-corrected chi connectivity index (χ0v) is 30.4. The highest BCUT2D eigenvalue weighted by Crippen LogP contribution is 2.25. The minimum absolute atomic E-state index is 1.04. The van der Waals surface area contributed by atoms with Crippen LogP contribution in [0, 0.1) is 5.92 Å². The summed E-state index contributed by atoms with van der Waals surface area (Å²) in [6, 6.07) is 0. The molecule has 0 fully saturated rings. The summed E-state index contributed by atoms with van der Waals surface area (Å²) in [4.78, 5) is 0. The topological polar surface area (TPSA) is 0 Å². The van der Waals surface area contributed by atoms with E-state index < -0.39 is 0 Å². The summed E-state index contributed by atoms with van der Waals surface area (Å²) in [5.41, 5.74) is 0.